The minimum atomic E-state index is -0.403. The zero-order valence-corrected chi connectivity index (χ0v) is 24.3. The summed E-state index contributed by atoms with van der Waals surface area (Å²) in [6.07, 6.45) is 0. The predicted octanol–water partition coefficient (Wildman–Crippen LogP) is 6.55. The number of pyridine rings is 1. The lowest BCUT2D eigenvalue weighted by molar-refractivity contribution is -0.113. The van der Waals surface area contributed by atoms with E-state index in [0.717, 1.165) is 28.6 Å². The number of thioether (sulfide) groups is 1. The van der Waals surface area contributed by atoms with E-state index in [0.29, 0.717) is 39.0 Å². The maximum atomic E-state index is 13.8. The number of amides is 2. The number of carbonyl (C=O) groups is 2. The fourth-order valence-corrected chi connectivity index (χ4v) is 5.21. The number of aromatic nitrogens is 1. The third-order valence-corrected chi connectivity index (χ3v) is 7.48. The second-order valence-electron chi connectivity index (χ2n) is 9.23. The van der Waals surface area contributed by atoms with E-state index in [1.54, 1.807) is 25.1 Å². The van der Waals surface area contributed by atoms with E-state index in [1.165, 1.54) is 14.2 Å². The number of rotatable bonds is 9. The molecule has 0 aliphatic heterocycles. The summed E-state index contributed by atoms with van der Waals surface area (Å²) in [6.45, 7) is 5.53. The first-order valence-electron chi connectivity index (χ1n) is 12.8. The van der Waals surface area contributed by atoms with Gasteiger partial charge < -0.3 is 20.1 Å². The average Bonchev–Trinajstić information content (AvgIpc) is 2.97. The molecule has 4 rings (SSSR count). The molecule has 0 aliphatic rings. The van der Waals surface area contributed by atoms with Gasteiger partial charge in [-0.25, -0.2) is 4.98 Å². The average molecular weight is 567 g/mol. The Kier molecular flexibility index (Phi) is 9.27. The van der Waals surface area contributed by atoms with E-state index in [1.807, 2.05) is 62.4 Å². The highest BCUT2D eigenvalue weighted by atomic mass is 32.2. The Morgan fingerprint density at radius 2 is 1.49 bits per heavy atom. The van der Waals surface area contributed by atoms with Crippen molar-refractivity contribution >= 4 is 35.0 Å². The second kappa shape index (κ2) is 13.0. The number of benzene rings is 3. The molecule has 8 nitrogen and oxygen atoms in total. The molecule has 0 unspecified atom stereocenters. The monoisotopic (exact) mass is 566 g/mol. The molecule has 2 amide bonds. The van der Waals surface area contributed by atoms with Crippen LogP contribution in [0, 0.1) is 32.1 Å². The van der Waals surface area contributed by atoms with Gasteiger partial charge in [0.2, 0.25) is 5.91 Å². The highest BCUT2D eigenvalue weighted by Crippen LogP contribution is 2.39. The summed E-state index contributed by atoms with van der Waals surface area (Å²) in [5.74, 6) is 0.339. The van der Waals surface area contributed by atoms with Crippen molar-refractivity contribution in [2.45, 2.75) is 25.8 Å². The molecule has 4 aromatic rings. The van der Waals surface area contributed by atoms with Gasteiger partial charge in [0.15, 0.2) is 11.5 Å². The van der Waals surface area contributed by atoms with Crippen molar-refractivity contribution in [3.63, 3.8) is 0 Å². The molecule has 0 radical (unpaired) electrons. The minimum absolute atomic E-state index is 0.0234. The zero-order chi connectivity index (χ0) is 29.5. The van der Waals surface area contributed by atoms with E-state index in [2.05, 4.69) is 21.7 Å². The summed E-state index contributed by atoms with van der Waals surface area (Å²) in [5, 5.41) is 16.6. The molecule has 0 saturated carbocycles. The SMILES string of the molecule is COc1ccc(-c2c(C#N)c(SCC(=O)Nc3ccccc3C)nc(C)c2C(=O)Nc2ccccc2C)cc1OC. The van der Waals surface area contributed by atoms with Crippen molar-refractivity contribution in [1.82, 2.24) is 4.98 Å². The number of anilines is 2. The van der Waals surface area contributed by atoms with Gasteiger partial charge in [0.1, 0.15) is 11.1 Å². The standard InChI is InChI=1S/C32H30N4O4S/c1-19-10-6-8-12-24(19)35-28(37)18-41-32-23(17-33)30(22-14-15-26(39-4)27(16-22)40-5)29(21(3)34-32)31(38)36-25-13-9-7-11-20(25)2/h6-16H,18H2,1-5H3,(H,35,37)(H,36,38). The molecule has 0 atom stereocenters. The Labute approximate surface area is 243 Å². The molecular formula is C32H30N4O4S. The van der Waals surface area contributed by atoms with E-state index in [9.17, 15) is 14.9 Å². The van der Waals surface area contributed by atoms with Crippen molar-refractivity contribution < 1.29 is 19.1 Å². The predicted molar refractivity (Wildman–Crippen MR) is 162 cm³/mol. The number of para-hydroxylation sites is 2. The quantitative estimate of drug-likeness (QED) is 0.221. The van der Waals surface area contributed by atoms with Crippen molar-refractivity contribution in [3.8, 4) is 28.7 Å². The van der Waals surface area contributed by atoms with E-state index in [-0.39, 0.29) is 22.8 Å². The Morgan fingerprint density at radius 3 is 2.07 bits per heavy atom. The lowest BCUT2D eigenvalue weighted by atomic mass is 9.94. The Bertz CT molecular complexity index is 1660. The van der Waals surface area contributed by atoms with Gasteiger partial charge in [0, 0.05) is 16.9 Å². The maximum absolute atomic E-state index is 13.8. The van der Waals surface area contributed by atoms with Gasteiger partial charge in [-0.05, 0) is 61.7 Å². The molecule has 0 saturated heterocycles. The second-order valence-corrected chi connectivity index (χ2v) is 10.2. The highest BCUT2D eigenvalue weighted by molar-refractivity contribution is 8.00. The molecule has 9 heteroatoms. The van der Waals surface area contributed by atoms with Crippen molar-refractivity contribution in [3.05, 3.63) is 94.7 Å². The van der Waals surface area contributed by atoms with E-state index in [4.69, 9.17) is 9.47 Å². The number of ether oxygens (including phenoxy) is 2. The topological polar surface area (TPSA) is 113 Å². The molecule has 3 aromatic carbocycles. The van der Waals surface area contributed by atoms with Crippen LogP contribution in [-0.2, 0) is 4.79 Å². The van der Waals surface area contributed by atoms with Gasteiger partial charge >= 0.3 is 0 Å². The highest BCUT2D eigenvalue weighted by Gasteiger charge is 2.26. The molecule has 208 valence electrons. The first kappa shape index (κ1) is 29.2. The summed E-state index contributed by atoms with van der Waals surface area (Å²) in [5.41, 5.74) is 5.04. The van der Waals surface area contributed by atoms with Crippen LogP contribution in [0.3, 0.4) is 0 Å². The number of methoxy groups -OCH3 is 2. The number of hydrogen-bond donors (Lipinski definition) is 2. The van der Waals surface area contributed by atoms with Crippen LogP contribution in [0.15, 0.2) is 71.8 Å². The molecule has 0 bridgehead atoms. The van der Waals surface area contributed by atoms with Crippen molar-refractivity contribution in [2.75, 3.05) is 30.6 Å². The molecule has 0 aliphatic carbocycles. The van der Waals surface area contributed by atoms with Crippen molar-refractivity contribution in [2.24, 2.45) is 0 Å². The number of aryl methyl sites for hydroxylation is 3. The normalized spacial score (nSPS) is 10.4. The Morgan fingerprint density at radius 1 is 0.878 bits per heavy atom. The molecule has 0 fully saturated rings. The lowest BCUT2D eigenvalue weighted by Crippen LogP contribution is -2.18. The first-order chi connectivity index (χ1) is 19.8. The van der Waals surface area contributed by atoms with E-state index < -0.39 is 5.91 Å². The third kappa shape index (κ3) is 6.51. The molecule has 1 aromatic heterocycles. The number of nitrogens with zero attached hydrogens (tertiary/aromatic N) is 2. The van der Waals surface area contributed by atoms with Crippen LogP contribution in [0.25, 0.3) is 11.1 Å². The van der Waals surface area contributed by atoms with Gasteiger partial charge in [-0.2, -0.15) is 5.26 Å². The number of carbonyl (C=O) groups excluding carboxylic acids is 2. The minimum Gasteiger partial charge on any atom is -0.493 e. The lowest BCUT2D eigenvalue weighted by Gasteiger charge is -2.18. The Balaban J connectivity index is 1.79. The van der Waals surface area contributed by atoms with Gasteiger partial charge in [0.25, 0.3) is 5.91 Å². The van der Waals surface area contributed by atoms with Crippen LogP contribution in [0.2, 0.25) is 0 Å². The van der Waals surface area contributed by atoms with Gasteiger partial charge in [-0.1, -0.05) is 54.2 Å². The van der Waals surface area contributed by atoms with Gasteiger partial charge in [0.05, 0.1) is 36.8 Å². The van der Waals surface area contributed by atoms with Crippen LogP contribution < -0.4 is 20.1 Å². The summed E-state index contributed by atoms with van der Waals surface area (Å²) < 4.78 is 10.9. The van der Waals surface area contributed by atoms with Crippen LogP contribution in [0.4, 0.5) is 11.4 Å². The summed E-state index contributed by atoms with van der Waals surface area (Å²) in [6, 6.07) is 22.4. The zero-order valence-electron chi connectivity index (χ0n) is 23.5. The maximum Gasteiger partial charge on any atom is 0.258 e. The number of nitrogens with one attached hydrogen (secondary N) is 2. The van der Waals surface area contributed by atoms with Gasteiger partial charge in [-0.3, -0.25) is 9.59 Å². The van der Waals surface area contributed by atoms with Crippen LogP contribution in [0.1, 0.15) is 32.7 Å². The van der Waals surface area contributed by atoms with Crippen molar-refractivity contribution in [1.29, 1.82) is 5.26 Å². The first-order valence-corrected chi connectivity index (χ1v) is 13.8. The molecular weight excluding hydrogens is 536 g/mol. The largest absolute Gasteiger partial charge is 0.493 e. The molecule has 41 heavy (non-hydrogen) atoms. The molecule has 2 N–H and O–H groups in total. The number of nitriles is 1. The van der Waals surface area contributed by atoms with Crippen LogP contribution in [0.5, 0.6) is 11.5 Å². The Hall–Kier alpha value is -4.81. The summed E-state index contributed by atoms with van der Waals surface area (Å²) in [4.78, 5) is 31.2. The van der Waals surface area contributed by atoms with E-state index >= 15 is 0 Å². The summed E-state index contributed by atoms with van der Waals surface area (Å²) in [7, 11) is 3.05. The fourth-order valence-electron chi connectivity index (χ4n) is 4.37. The van der Waals surface area contributed by atoms with Gasteiger partial charge in [-0.15, -0.1) is 0 Å². The number of hydrogen-bond acceptors (Lipinski definition) is 7. The van der Waals surface area contributed by atoms with Crippen LogP contribution in [-0.4, -0.2) is 36.8 Å². The molecule has 1 heterocycles. The van der Waals surface area contributed by atoms with Crippen LogP contribution >= 0.6 is 11.8 Å². The fraction of sp³-hybridized carbons (Fsp3) is 0.188. The smallest absolute Gasteiger partial charge is 0.258 e. The molecule has 0 spiro atoms. The third-order valence-electron chi connectivity index (χ3n) is 6.51. The summed E-state index contributed by atoms with van der Waals surface area (Å²) >= 11 is 1.14.